The summed E-state index contributed by atoms with van der Waals surface area (Å²) in [5, 5.41) is 2.76. The average Bonchev–Trinajstić information content (AvgIpc) is 2.89. The molecule has 0 saturated carbocycles. The van der Waals surface area contributed by atoms with Crippen LogP contribution in [0.25, 0.3) is 0 Å². The Hall–Kier alpha value is -1.73. The number of amides is 1. The van der Waals surface area contributed by atoms with Crippen molar-refractivity contribution < 1.29 is 9.53 Å². The quantitative estimate of drug-likeness (QED) is 0.489. The summed E-state index contributed by atoms with van der Waals surface area (Å²) in [6.45, 7) is 1.29. The second kappa shape index (κ2) is 5.55. The first kappa shape index (κ1) is 11.7. The lowest BCUT2D eigenvalue weighted by molar-refractivity contribution is 0.0853. The van der Waals surface area contributed by atoms with E-state index in [1.54, 1.807) is 0 Å². The molecule has 7 nitrogen and oxygen atoms in total. The van der Waals surface area contributed by atoms with Crippen LogP contribution in [0.3, 0.4) is 0 Å². The number of aromatic nitrogens is 2. The van der Waals surface area contributed by atoms with Gasteiger partial charge in [-0.25, -0.2) is 15.8 Å². The molecule has 4 N–H and O–H groups in total. The summed E-state index contributed by atoms with van der Waals surface area (Å²) in [5.74, 6) is 5.31. The van der Waals surface area contributed by atoms with Crippen molar-refractivity contribution in [1.29, 1.82) is 0 Å². The zero-order valence-electron chi connectivity index (χ0n) is 9.35. The fourth-order valence-electron chi connectivity index (χ4n) is 1.62. The number of nitrogens with two attached hydrogens (primary N) is 1. The Morgan fingerprint density at radius 2 is 2.41 bits per heavy atom. The first-order valence-electron chi connectivity index (χ1n) is 5.48. The van der Waals surface area contributed by atoms with Crippen LogP contribution in [0.2, 0.25) is 0 Å². The summed E-state index contributed by atoms with van der Waals surface area (Å²) in [6.07, 6.45) is 4.94. The number of hydrogen-bond donors (Lipinski definition) is 3. The van der Waals surface area contributed by atoms with Crippen LogP contribution in [-0.2, 0) is 4.74 Å². The van der Waals surface area contributed by atoms with E-state index in [2.05, 4.69) is 20.7 Å². The molecule has 1 aliphatic heterocycles. The Labute approximate surface area is 98.7 Å². The summed E-state index contributed by atoms with van der Waals surface area (Å²) in [7, 11) is 0. The largest absolute Gasteiger partial charge is 0.376 e. The molecule has 0 bridgehead atoms. The maximum Gasteiger partial charge on any atom is 0.271 e. The molecular formula is C10H15N5O2. The van der Waals surface area contributed by atoms with E-state index in [-0.39, 0.29) is 17.7 Å². The number of rotatable bonds is 4. The summed E-state index contributed by atoms with van der Waals surface area (Å²) in [6, 6.07) is 0. The zero-order valence-corrected chi connectivity index (χ0v) is 9.35. The number of nitrogens with one attached hydrogen (secondary N) is 2. The van der Waals surface area contributed by atoms with Gasteiger partial charge in [0.15, 0.2) is 5.82 Å². The van der Waals surface area contributed by atoms with Crippen molar-refractivity contribution >= 4 is 11.7 Å². The molecule has 1 aliphatic rings. The molecule has 1 unspecified atom stereocenters. The molecule has 1 aromatic heterocycles. The Morgan fingerprint density at radius 1 is 1.53 bits per heavy atom. The molecule has 92 valence electrons. The second-order valence-corrected chi connectivity index (χ2v) is 3.78. The monoisotopic (exact) mass is 237 g/mol. The van der Waals surface area contributed by atoms with Gasteiger partial charge in [-0.05, 0) is 12.8 Å². The first-order chi connectivity index (χ1) is 8.29. The van der Waals surface area contributed by atoms with E-state index < -0.39 is 0 Å². The molecule has 0 aliphatic carbocycles. The van der Waals surface area contributed by atoms with Gasteiger partial charge in [0.05, 0.1) is 18.5 Å². The van der Waals surface area contributed by atoms with Gasteiger partial charge in [-0.15, -0.1) is 0 Å². The Morgan fingerprint density at radius 3 is 3.00 bits per heavy atom. The van der Waals surface area contributed by atoms with E-state index >= 15 is 0 Å². The minimum absolute atomic E-state index is 0.122. The number of carbonyl (C=O) groups excluding carboxylic acids is 1. The maximum absolute atomic E-state index is 11.7. The van der Waals surface area contributed by atoms with Gasteiger partial charge in [-0.2, -0.15) is 0 Å². The molecule has 7 heteroatoms. The van der Waals surface area contributed by atoms with E-state index in [4.69, 9.17) is 10.6 Å². The Balaban J connectivity index is 1.85. The number of hydrogen-bond acceptors (Lipinski definition) is 6. The van der Waals surface area contributed by atoms with Crippen molar-refractivity contribution in [2.75, 3.05) is 18.6 Å². The van der Waals surface area contributed by atoms with Crippen LogP contribution in [0.4, 0.5) is 5.82 Å². The predicted octanol–water partition coefficient (Wildman–Crippen LogP) is -0.329. The van der Waals surface area contributed by atoms with E-state index in [1.807, 2.05) is 0 Å². The molecule has 1 fully saturated rings. The Bertz CT molecular complexity index is 375. The van der Waals surface area contributed by atoms with Crippen LogP contribution < -0.4 is 16.6 Å². The van der Waals surface area contributed by atoms with Crippen molar-refractivity contribution in [3.63, 3.8) is 0 Å². The molecule has 1 amide bonds. The minimum Gasteiger partial charge on any atom is -0.376 e. The van der Waals surface area contributed by atoms with Crippen molar-refractivity contribution in [2.45, 2.75) is 18.9 Å². The highest BCUT2D eigenvalue weighted by molar-refractivity contribution is 5.92. The lowest BCUT2D eigenvalue weighted by Gasteiger charge is -2.10. The topological polar surface area (TPSA) is 102 Å². The molecule has 0 aromatic carbocycles. The maximum atomic E-state index is 11.7. The van der Waals surface area contributed by atoms with E-state index in [0.717, 1.165) is 19.4 Å². The molecule has 0 radical (unpaired) electrons. The molecule has 1 aromatic rings. The number of nitrogens with zero attached hydrogens (tertiary/aromatic N) is 2. The molecule has 2 heterocycles. The van der Waals surface area contributed by atoms with Crippen LogP contribution in [0.15, 0.2) is 12.4 Å². The highest BCUT2D eigenvalue weighted by Gasteiger charge is 2.17. The fourth-order valence-corrected chi connectivity index (χ4v) is 1.62. The van der Waals surface area contributed by atoms with Gasteiger partial charge in [0.25, 0.3) is 5.91 Å². The molecule has 0 spiro atoms. The fraction of sp³-hybridized carbons (Fsp3) is 0.500. The number of anilines is 1. The summed E-state index contributed by atoms with van der Waals surface area (Å²) in [5.41, 5.74) is 2.61. The van der Waals surface area contributed by atoms with Crippen LogP contribution in [-0.4, -0.2) is 35.1 Å². The lowest BCUT2D eigenvalue weighted by Crippen LogP contribution is -2.32. The molecule has 1 saturated heterocycles. The highest BCUT2D eigenvalue weighted by atomic mass is 16.5. The number of hydrazine groups is 1. The van der Waals surface area contributed by atoms with Crippen molar-refractivity contribution in [3.8, 4) is 0 Å². The van der Waals surface area contributed by atoms with E-state index in [0.29, 0.717) is 12.4 Å². The zero-order chi connectivity index (χ0) is 12.1. The molecule has 1 atom stereocenters. The third kappa shape index (κ3) is 3.11. The average molecular weight is 237 g/mol. The molecule has 17 heavy (non-hydrogen) atoms. The molecule has 2 rings (SSSR count). The van der Waals surface area contributed by atoms with Gasteiger partial charge in [0.2, 0.25) is 0 Å². The van der Waals surface area contributed by atoms with Crippen molar-refractivity contribution in [3.05, 3.63) is 18.1 Å². The van der Waals surface area contributed by atoms with E-state index in [9.17, 15) is 4.79 Å². The highest BCUT2D eigenvalue weighted by Crippen LogP contribution is 2.10. The van der Waals surface area contributed by atoms with Crippen LogP contribution in [0, 0.1) is 0 Å². The normalized spacial score (nSPS) is 19.0. The Kier molecular flexibility index (Phi) is 3.84. The van der Waals surface area contributed by atoms with Gasteiger partial charge >= 0.3 is 0 Å². The van der Waals surface area contributed by atoms with Crippen LogP contribution in [0.1, 0.15) is 23.3 Å². The summed E-state index contributed by atoms with van der Waals surface area (Å²) in [4.78, 5) is 19.5. The van der Waals surface area contributed by atoms with Crippen LogP contribution in [0.5, 0.6) is 0 Å². The van der Waals surface area contributed by atoms with Gasteiger partial charge in [-0.3, -0.25) is 4.79 Å². The van der Waals surface area contributed by atoms with Gasteiger partial charge in [-0.1, -0.05) is 0 Å². The van der Waals surface area contributed by atoms with Gasteiger partial charge in [0.1, 0.15) is 5.69 Å². The van der Waals surface area contributed by atoms with Crippen LogP contribution >= 0.6 is 0 Å². The SMILES string of the molecule is NNc1cnc(C(=O)NCC2CCCO2)cn1. The number of carbonyl (C=O) groups is 1. The van der Waals surface area contributed by atoms with Crippen molar-refractivity contribution in [1.82, 2.24) is 15.3 Å². The van der Waals surface area contributed by atoms with Gasteiger partial charge < -0.3 is 15.5 Å². The lowest BCUT2D eigenvalue weighted by atomic mass is 10.2. The van der Waals surface area contributed by atoms with Gasteiger partial charge in [0, 0.05) is 13.2 Å². The first-order valence-corrected chi connectivity index (χ1v) is 5.48. The number of ether oxygens (including phenoxy) is 1. The third-order valence-corrected chi connectivity index (χ3v) is 2.55. The minimum atomic E-state index is -0.253. The summed E-state index contributed by atoms with van der Waals surface area (Å²) >= 11 is 0. The number of nitrogen functional groups attached to an aromatic ring is 1. The smallest absolute Gasteiger partial charge is 0.271 e. The van der Waals surface area contributed by atoms with E-state index in [1.165, 1.54) is 12.4 Å². The third-order valence-electron chi connectivity index (χ3n) is 2.55. The second-order valence-electron chi connectivity index (χ2n) is 3.78. The standard InChI is InChI=1S/C10H15N5O2/c11-15-9-6-12-8(5-13-9)10(16)14-4-7-2-1-3-17-7/h5-7H,1-4,11H2,(H,13,15)(H,14,16). The molecular weight excluding hydrogens is 222 g/mol. The summed E-state index contributed by atoms with van der Waals surface area (Å²) < 4.78 is 5.40. The van der Waals surface area contributed by atoms with Crippen molar-refractivity contribution in [2.24, 2.45) is 5.84 Å². The predicted molar refractivity (Wildman–Crippen MR) is 61.1 cm³/mol.